The van der Waals surface area contributed by atoms with Crippen LogP contribution in [0.4, 0.5) is 15.9 Å². The molecule has 0 atom stereocenters. The number of hydrogen-bond acceptors (Lipinski definition) is 4. The van der Waals surface area contributed by atoms with E-state index in [-0.39, 0.29) is 31.5 Å². The summed E-state index contributed by atoms with van der Waals surface area (Å²) >= 11 is 12.3. The van der Waals surface area contributed by atoms with E-state index in [4.69, 9.17) is 44.0 Å². The number of nitrogens with two attached hydrogens (primary N) is 1. The number of primary amides is 1. The second kappa shape index (κ2) is 9.37. The Hall–Kier alpha value is -3.16. The number of aromatic nitrogens is 1. The van der Waals surface area contributed by atoms with E-state index in [9.17, 15) is 14.0 Å². The van der Waals surface area contributed by atoms with Gasteiger partial charge in [0.25, 0.3) is 5.91 Å². The molecule has 0 saturated carbocycles. The fraction of sp³-hybridized carbons (Fsp3) is 0.208. The summed E-state index contributed by atoms with van der Waals surface area (Å²) in [6, 6.07) is 7.71. The number of nitrogens with zero attached hydrogens (tertiary/aromatic N) is 3. The Morgan fingerprint density at radius 2 is 1.94 bits per heavy atom. The lowest BCUT2D eigenvalue weighted by atomic mass is 10.0. The molecule has 1 aliphatic heterocycles. The second-order valence-corrected chi connectivity index (χ2v) is 7.49. The molecule has 170 valence electrons. The zero-order valence-corrected chi connectivity index (χ0v) is 18.0. The van der Waals surface area contributed by atoms with Gasteiger partial charge in [-0.2, -0.15) is 0 Å². The largest absolute Gasteiger partial charge is 0.369 e. The van der Waals surface area contributed by atoms with Gasteiger partial charge in [0, 0.05) is 63.0 Å². The van der Waals surface area contributed by atoms with Gasteiger partial charge in [0.15, 0.2) is 5.82 Å². The average molecular weight is 498 g/mol. The van der Waals surface area contributed by atoms with E-state index < -0.39 is 72.4 Å². The maximum absolute atomic E-state index is 14.8. The van der Waals surface area contributed by atoms with Crippen molar-refractivity contribution >= 4 is 46.5 Å². The fourth-order valence-corrected chi connectivity index (χ4v) is 3.53. The molecule has 1 fully saturated rings. The van der Waals surface area contributed by atoms with Crippen molar-refractivity contribution in [2.75, 3.05) is 29.8 Å². The lowest BCUT2D eigenvalue weighted by Gasteiger charge is -2.26. The summed E-state index contributed by atoms with van der Waals surface area (Å²) < 4.78 is 106. The number of halogens is 3. The van der Waals surface area contributed by atoms with Crippen LogP contribution in [0.5, 0.6) is 0 Å². The van der Waals surface area contributed by atoms with Gasteiger partial charge >= 0.3 is 0 Å². The molecule has 33 heavy (non-hydrogen) atoms. The van der Waals surface area contributed by atoms with Gasteiger partial charge < -0.3 is 10.6 Å². The summed E-state index contributed by atoms with van der Waals surface area (Å²) in [4.78, 5) is 29.4. The van der Waals surface area contributed by atoms with Crippen LogP contribution in [0.2, 0.25) is 10.0 Å². The molecule has 0 spiro atoms. The third kappa shape index (κ3) is 4.51. The van der Waals surface area contributed by atoms with Gasteiger partial charge in [-0.25, -0.2) is 9.37 Å². The fourth-order valence-electron chi connectivity index (χ4n) is 3.06. The van der Waals surface area contributed by atoms with Crippen LogP contribution in [0.15, 0.2) is 48.7 Å². The summed E-state index contributed by atoms with van der Waals surface area (Å²) in [7, 11) is 0. The molecular weight excluding hydrogens is 466 g/mol. The number of carbonyl (C=O) groups excluding carboxylic acids is 2. The number of carbonyl (C=O) groups is 2. The summed E-state index contributed by atoms with van der Waals surface area (Å²) in [5, 5.41) is -0.535. The van der Waals surface area contributed by atoms with E-state index in [1.807, 2.05) is 0 Å². The molecule has 6 nitrogen and oxygen atoms in total. The normalized spacial score (nSPS) is 24.7. The van der Waals surface area contributed by atoms with Crippen LogP contribution < -0.4 is 15.5 Å². The number of rotatable bonds is 5. The van der Waals surface area contributed by atoms with Crippen molar-refractivity contribution in [2.45, 2.75) is 12.7 Å². The minimum absolute atomic E-state index is 0.00138. The lowest BCUT2D eigenvalue weighted by Crippen LogP contribution is -2.31. The van der Waals surface area contributed by atoms with Crippen molar-refractivity contribution in [1.29, 1.82) is 0 Å². The van der Waals surface area contributed by atoms with Crippen LogP contribution >= 0.6 is 23.2 Å². The van der Waals surface area contributed by atoms with E-state index in [0.717, 1.165) is 30.5 Å². The molecule has 2 aromatic carbocycles. The highest BCUT2D eigenvalue weighted by Crippen LogP contribution is 2.37. The van der Waals surface area contributed by atoms with Crippen molar-refractivity contribution in [2.24, 2.45) is 5.73 Å². The van der Waals surface area contributed by atoms with Crippen LogP contribution in [0, 0.1) is 5.82 Å². The number of hydrogen-bond donors (Lipinski definition) is 1. The summed E-state index contributed by atoms with van der Waals surface area (Å²) in [6.45, 7) is -10.6. The Morgan fingerprint density at radius 1 is 1.18 bits per heavy atom. The van der Waals surface area contributed by atoms with E-state index in [2.05, 4.69) is 4.98 Å². The van der Waals surface area contributed by atoms with Crippen molar-refractivity contribution in [3.63, 3.8) is 0 Å². The van der Waals surface area contributed by atoms with Crippen LogP contribution in [0.3, 0.4) is 0 Å². The molecule has 0 unspecified atom stereocenters. The Labute approximate surface area is 216 Å². The van der Waals surface area contributed by atoms with Crippen LogP contribution in [-0.4, -0.2) is 36.8 Å². The zero-order valence-electron chi connectivity index (χ0n) is 27.5. The quantitative estimate of drug-likeness (QED) is 0.527. The zero-order chi connectivity index (χ0) is 33.4. The highest BCUT2D eigenvalue weighted by molar-refractivity contribution is 6.34. The van der Waals surface area contributed by atoms with E-state index in [0.29, 0.717) is 0 Å². The first-order valence-electron chi connectivity index (χ1n) is 14.7. The summed E-state index contributed by atoms with van der Waals surface area (Å²) in [6.07, 6.45) is -6.22. The summed E-state index contributed by atoms with van der Waals surface area (Å²) in [5.74, 6) is -4.73. The Balaban J connectivity index is 2.12. The Kier molecular flexibility index (Phi) is 3.67. The number of benzene rings is 2. The monoisotopic (exact) mass is 497 g/mol. The molecule has 1 aromatic heterocycles. The smallest absolute Gasteiger partial charge is 0.263 e. The van der Waals surface area contributed by atoms with E-state index >= 15 is 0 Å². The first kappa shape index (κ1) is 12.9. The lowest BCUT2D eigenvalue weighted by molar-refractivity contribution is 0.0984. The molecule has 0 aliphatic carbocycles. The topological polar surface area (TPSA) is 79.5 Å². The molecular formula is C24H21Cl2FN4O2. The number of amides is 2. The molecule has 2 amide bonds. The van der Waals surface area contributed by atoms with Crippen molar-refractivity contribution in [3.8, 4) is 11.1 Å². The molecule has 3 aromatic rings. The molecule has 1 saturated heterocycles. The molecule has 1 aliphatic rings. The standard InChI is InChI=1S/C24H21Cl2FN4O2/c1-30(24(33)21-18(26)5-4-6-19(21)27)23-20(31-9-2-3-10-31)12-15(13-29-23)16-11-14(22(28)32)7-8-17(16)25/h4-8,11-13H,2-3,9-10H2,1H3,(H2,28,32)/i1D3,2D2,3D2,9D2,10D2. The maximum Gasteiger partial charge on any atom is 0.263 e. The van der Waals surface area contributed by atoms with Crippen molar-refractivity contribution < 1.29 is 29.1 Å². The van der Waals surface area contributed by atoms with Gasteiger partial charge in [-0.1, -0.05) is 29.3 Å². The van der Waals surface area contributed by atoms with Crippen LogP contribution in [0.1, 0.15) is 48.5 Å². The second-order valence-electron chi connectivity index (χ2n) is 6.67. The van der Waals surface area contributed by atoms with Gasteiger partial charge in [-0.3, -0.25) is 14.5 Å². The third-order valence-electron chi connectivity index (χ3n) is 4.64. The van der Waals surface area contributed by atoms with Gasteiger partial charge in [0.2, 0.25) is 5.91 Å². The van der Waals surface area contributed by atoms with E-state index in [1.54, 1.807) is 0 Å². The van der Waals surface area contributed by atoms with Gasteiger partial charge in [-0.15, -0.1) is 0 Å². The molecule has 2 heterocycles. The maximum atomic E-state index is 14.8. The molecule has 0 radical (unpaired) electrons. The Morgan fingerprint density at radius 3 is 2.61 bits per heavy atom. The van der Waals surface area contributed by atoms with E-state index in [1.165, 1.54) is 18.2 Å². The summed E-state index contributed by atoms with van der Waals surface area (Å²) in [5.41, 5.74) is 3.33. The first-order valence-corrected chi connectivity index (χ1v) is 9.94. The molecule has 2 N–H and O–H groups in total. The van der Waals surface area contributed by atoms with Crippen LogP contribution in [0.25, 0.3) is 11.1 Å². The minimum atomic E-state index is -3.58. The minimum Gasteiger partial charge on any atom is -0.369 e. The highest BCUT2D eigenvalue weighted by Gasteiger charge is 2.26. The van der Waals surface area contributed by atoms with Crippen LogP contribution in [-0.2, 0) is 0 Å². The number of anilines is 2. The van der Waals surface area contributed by atoms with Gasteiger partial charge in [-0.05, 0) is 49.1 Å². The van der Waals surface area contributed by atoms with Crippen molar-refractivity contribution in [1.82, 2.24) is 4.98 Å². The predicted molar refractivity (Wildman–Crippen MR) is 129 cm³/mol. The Bertz CT molecular complexity index is 1640. The predicted octanol–water partition coefficient (Wildman–Crippen LogP) is 5.17. The molecule has 0 bridgehead atoms. The van der Waals surface area contributed by atoms with Crippen molar-refractivity contribution in [3.05, 3.63) is 75.7 Å². The third-order valence-corrected chi connectivity index (χ3v) is 5.28. The molecule has 9 heteroatoms. The highest BCUT2D eigenvalue weighted by atomic mass is 35.5. The van der Waals surface area contributed by atoms with Gasteiger partial charge in [0.05, 0.1) is 16.3 Å². The SMILES string of the molecule is [2H]C([2H])([2H])N(C(=O)c1c(F)cccc1Cl)c1ncc(-c2cc(C(N)=O)ccc2Cl)cc1N1C([2H])([2H])C([2H])([2H])C([2H])([2H])C1([2H])[2H]. The average Bonchev–Trinajstić information content (AvgIpc) is 2.95. The first-order chi connectivity index (χ1) is 20.0. The van der Waals surface area contributed by atoms with Gasteiger partial charge in [0.1, 0.15) is 5.82 Å². The number of pyridine rings is 1. The molecule has 4 rings (SSSR count).